The third kappa shape index (κ3) is 3.92. The predicted molar refractivity (Wildman–Crippen MR) is 210 cm³/mol. The van der Waals surface area contributed by atoms with Crippen molar-refractivity contribution in [3.05, 3.63) is 179 Å². The van der Waals surface area contributed by atoms with E-state index < -0.39 is 0 Å². The second kappa shape index (κ2) is 10.5. The van der Waals surface area contributed by atoms with E-state index in [9.17, 15) is 0 Å². The maximum Gasteiger partial charge on any atom is 0.137 e. The van der Waals surface area contributed by atoms with E-state index in [1.165, 1.54) is 50.0 Å². The Labute approximate surface area is 299 Å². The van der Waals surface area contributed by atoms with Gasteiger partial charge in [-0.15, -0.1) is 0 Å². The molecule has 52 heavy (non-hydrogen) atoms. The zero-order valence-corrected chi connectivity index (χ0v) is 28.2. The summed E-state index contributed by atoms with van der Waals surface area (Å²) in [7, 11) is 0. The molecular formula is C48H31NO3. The summed E-state index contributed by atoms with van der Waals surface area (Å²) in [5.41, 5.74) is 15.0. The third-order valence-electron chi connectivity index (χ3n) is 11.5. The lowest BCUT2D eigenvalue weighted by atomic mass is 9.82. The fraction of sp³-hybridized carbons (Fsp3) is 0.0833. The van der Waals surface area contributed by atoms with Crippen LogP contribution in [0.3, 0.4) is 0 Å². The van der Waals surface area contributed by atoms with Gasteiger partial charge in [0.1, 0.15) is 33.8 Å². The largest absolute Gasteiger partial charge is 0.461 e. The Morgan fingerprint density at radius 1 is 0.615 bits per heavy atom. The van der Waals surface area contributed by atoms with Gasteiger partial charge in [0.15, 0.2) is 0 Å². The Morgan fingerprint density at radius 3 is 2.29 bits per heavy atom. The average Bonchev–Trinajstić information content (AvgIpc) is 3.95. The summed E-state index contributed by atoms with van der Waals surface area (Å²) in [5, 5.41) is 5.87. The standard InChI is InChI=1S/C48H31NO3/c1-4-16-41-33(9-1)36-22-21-30(27-46(36)52-41)49-39-14-7-12-31(28-19-23-44-37(25-28)34-10-2-5-17-42(34)50-44)47(39)48-32(13-8-15-40(48)49)29-20-24-45-38(26-29)35-11-3-6-18-43(35)51-45/h1-7,9-14,16-24,26-27,37H,8,15,25H2. The second-order valence-corrected chi connectivity index (χ2v) is 14.3. The number of ether oxygens (including phenoxy) is 1. The van der Waals surface area contributed by atoms with Crippen molar-refractivity contribution >= 4 is 65.9 Å². The highest BCUT2D eigenvalue weighted by Gasteiger charge is 2.34. The van der Waals surface area contributed by atoms with Crippen LogP contribution >= 0.6 is 0 Å². The van der Waals surface area contributed by atoms with Crippen molar-refractivity contribution < 1.29 is 13.6 Å². The Kier molecular flexibility index (Phi) is 5.70. The normalized spacial score (nSPS) is 16.5. The topological polar surface area (TPSA) is 40.4 Å². The molecule has 4 heterocycles. The van der Waals surface area contributed by atoms with Gasteiger partial charge >= 0.3 is 0 Å². The highest BCUT2D eigenvalue weighted by molar-refractivity contribution is 6.10. The van der Waals surface area contributed by atoms with Gasteiger partial charge in [-0.25, -0.2) is 0 Å². The Morgan fingerprint density at radius 2 is 1.38 bits per heavy atom. The fourth-order valence-electron chi connectivity index (χ4n) is 9.19. The summed E-state index contributed by atoms with van der Waals surface area (Å²) in [6.07, 6.45) is 9.70. The lowest BCUT2D eigenvalue weighted by molar-refractivity contribution is 0.426. The van der Waals surface area contributed by atoms with Crippen LogP contribution in [0.15, 0.2) is 160 Å². The van der Waals surface area contributed by atoms with Crippen molar-refractivity contribution in [3.8, 4) is 11.4 Å². The van der Waals surface area contributed by atoms with Gasteiger partial charge in [0.2, 0.25) is 0 Å². The average molecular weight is 670 g/mol. The molecule has 3 aromatic heterocycles. The molecule has 0 spiro atoms. The van der Waals surface area contributed by atoms with E-state index in [1.807, 2.05) is 12.1 Å². The number of furan rings is 2. The Hall–Kier alpha value is -6.52. The molecule has 9 aromatic rings. The summed E-state index contributed by atoms with van der Waals surface area (Å²) < 4.78 is 21.5. The van der Waals surface area contributed by atoms with Crippen LogP contribution in [0.25, 0.3) is 71.6 Å². The minimum absolute atomic E-state index is 0.214. The van der Waals surface area contributed by atoms with Crippen molar-refractivity contribution in [2.24, 2.45) is 0 Å². The zero-order chi connectivity index (χ0) is 33.9. The smallest absolute Gasteiger partial charge is 0.137 e. The predicted octanol–water partition coefficient (Wildman–Crippen LogP) is 12.7. The molecule has 0 bridgehead atoms. The van der Waals surface area contributed by atoms with Crippen LogP contribution in [0.4, 0.5) is 0 Å². The molecule has 0 saturated carbocycles. The SMILES string of the molecule is C1=C(c2cccc3c2c2c(n3-c3ccc4c(c3)oc3ccccc34)CCC=C2c2ccc3oc4ccccc4c3c2)CC2C(=C1)Oc1ccccc12. The summed E-state index contributed by atoms with van der Waals surface area (Å²) in [6, 6.07) is 45.4. The van der Waals surface area contributed by atoms with E-state index in [1.54, 1.807) is 0 Å². The molecule has 1 aliphatic heterocycles. The number of rotatable bonds is 3. The maximum absolute atomic E-state index is 6.43. The number of hydrogen-bond acceptors (Lipinski definition) is 3. The lowest BCUT2D eigenvalue weighted by Crippen LogP contribution is -2.06. The molecule has 246 valence electrons. The molecule has 1 atom stereocenters. The van der Waals surface area contributed by atoms with E-state index in [4.69, 9.17) is 13.6 Å². The van der Waals surface area contributed by atoms with Crippen LogP contribution in [0.2, 0.25) is 0 Å². The molecule has 12 rings (SSSR count). The van der Waals surface area contributed by atoms with Crippen LogP contribution in [-0.4, -0.2) is 4.57 Å². The Bertz CT molecular complexity index is 3090. The molecule has 4 nitrogen and oxygen atoms in total. The molecule has 3 aliphatic rings. The van der Waals surface area contributed by atoms with Gasteiger partial charge in [0, 0.05) is 61.4 Å². The van der Waals surface area contributed by atoms with Crippen LogP contribution in [0.5, 0.6) is 5.75 Å². The summed E-state index contributed by atoms with van der Waals surface area (Å²) in [5.74, 6) is 2.23. The lowest BCUT2D eigenvalue weighted by Gasteiger charge is -2.21. The number of allylic oxidation sites excluding steroid dienone is 5. The number of fused-ring (bicyclic) bond motifs is 12. The number of nitrogens with zero attached hydrogens (tertiary/aromatic N) is 1. The first-order valence-electron chi connectivity index (χ1n) is 18.1. The zero-order valence-electron chi connectivity index (χ0n) is 28.2. The first-order chi connectivity index (χ1) is 25.8. The second-order valence-electron chi connectivity index (χ2n) is 14.3. The van der Waals surface area contributed by atoms with Crippen molar-refractivity contribution in [1.29, 1.82) is 0 Å². The Balaban J connectivity index is 1.10. The van der Waals surface area contributed by atoms with Crippen molar-refractivity contribution in [1.82, 2.24) is 4.57 Å². The summed E-state index contributed by atoms with van der Waals surface area (Å²) in [4.78, 5) is 0. The minimum Gasteiger partial charge on any atom is -0.461 e. The van der Waals surface area contributed by atoms with Gasteiger partial charge in [-0.05, 0) is 96.1 Å². The first-order valence-corrected chi connectivity index (χ1v) is 18.1. The molecular weight excluding hydrogens is 639 g/mol. The van der Waals surface area contributed by atoms with E-state index in [0.29, 0.717) is 0 Å². The van der Waals surface area contributed by atoms with Gasteiger partial charge in [-0.3, -0.25) is 0 Å². The monoisotopic (exact) mass is 669 g/mol. The molecule has 6 aromatic carbocycles. The van der Waals surface area contributed by atoms with Gasteiger partial charge < -0.3 is 18.1 Å². The number of aromatic nitrogens is 1. The van der Waals surface area contributed by atoms with Crippen LogP contribution in [-0.2, 0) is 6.42 Å². The molecule has 2 aliphatic carbocycles. The summed E-state index contributed by atoms with van der Waals surface area (Å²) >= 11 is 0. The molecule has 0 fully saturated rings. The van der Waals surface area contributed by atoms with Crippen molar-refractivity contribution in [2.75, 3.05) is 0 Å². The third-order valence-corrected chi connectivity index (χ3v) is 11.5. The molecule has 0 N–H and O–H groups in total. The van der Waals surface area contributed by atoms with Crippen LogP contribution in [0.1, 0.15) is 46.7 Å². The van der Waals surface area contributed by atoms with E-state index in [0.717, 1.165) is 80.3 Å². The molecule has 4 heteroatoms. The van der Waals surface area contributed by atoms with E-state index in [-0.39, 0.29) is 5.92 Å². The molecule has 1 unspecified atom stereocenters. The van der Waals surface area contributed by atoms with Crippen molar-refractivity contribution in [2.45, 2.75) is 25.2 Å². The highest BCUT2D eigenvalue weighted by atomic mass is 16.5. The number of hydrogen-bond donors (Lipinski definition) is 0. The van der Waals surface area contributed by atoms with E-state index >= 15 is 0 Å². The van der Waals surface area contributed by atoms with Gasteiger partial charge in [0.05, 0.1) is 5.52 Å². The van der Waals surface area contributed by atoms with E-state index in [2.05, 4.69) is 138 Å². The highest BCUT2D eigenvalue weighted by Crippen LogP contribution is 2.50. The maximum atomic E-state index is 6.43. The number of benzene rings is 6. The molecule has 0 amide bonds. The first kappa shape index (κ1) is 28.2. The van der Waals surface area contributed by atoms with Gasteiger partial charge in [-0.1, -0.05) is 84.9 Å². The number of para-hydroxylation sites is 3. The minimum atomic E-state index is 0.214. The van der Waals surface area contributed by atoms with Crippen LogP contribution < -0.4 is 4.74 Å². The van der Waals surface area contributed by atoms with Crippen molar-refractivity contribution in [3.63, 3.8) is 0 Å². The molecule has 0 saturated heterocycles. The van der Waals surface area contributed by atoms with Gasteiger partial charge in [0.25, 0.3) is 0 Å². The summed E-state index contributed by atoms with van der Waals surface area (Å²) in [6.45, 7) is 0. The van der Waals surface area contributed by atoms with Crippen LogP contribution in [0, 0.1) is 0 Å². The van der Waals surface area contributed by atoms with Gasteiger partial charge in [-0.2, -0.15) is 0 Å². The quantitative estimate of drug-likeness (QED) is 0.188. The molecule has 0 radical (unpaired) electrons. The fourth-order valence-corrected chi connectivity index (χ4v) is 9.19.